The van der Waals surface area contributed by atoms with E-state index in [1.165, 1.54) is 24.3 Å². The Morgan fingerprint density at radius 2 is 1.48 bits per heavy atom. The van der Waals surface area contributed by atoms with Crippen LogP contribution in [-0.2, 0) is 14.2 Å². The number of rotatable bonds is 9. The molecule has 9 atom stereocenters. The van der Waals surface area contributed by atoms with E-state index in [-0.39, 0.29) is 22.8 Å². The van der Waals surface area contributed by atoms with E-state index in [0.29, 0.717) is 5.56 Å². The second kappa shape index (κ2) is 12.2. The number of hydrogen-bond donors (Lipinski definition) is 10. The number of aromatic hydroxyl groups is 3. The maximum atomic E-state index is 10.9. The monoisotopic (exact) mass is 568 g/mol. The average Bonchev–Trinajstić information content (AvgIpc) is 3.18. The number of aliphatic hydroxyl groups is 7. The summed E-state index contributed by atoms with van der Waals surface area (Å²) >= 11 is 0. The summed E-state index contributed by atoms with van der Waals surface area (Å²) in [6.07, 6.45) is -10.5. The van der Waals surface area contributed by atoms with Gasteiger partial charge in [0.2, 0.25) is 12.1 Å². The Balaban J connectivity index is 1.69. The van der Waals surface area contributed by atoms with Crippen molar-refractivity contribution < 1.29 is 70.0 Å². The van der Waals surface area contributed by atoms with Gasteiger partial charge < -0.3 is 70.0 Å². The molecule has 0 amide bonds. The molecule has 10 N–H and O–H groups in total. The molecule has 0 bridgehead atoms. The molecule has 0 aromatic heterocycles. The molecule has 0 spiro atoms. The standard InChI is InChI=1S/C26H32O14/c27-9-17-19(33)21(35)23(40-26(11-29)24(36)20(34)18(10-28)39-26)25(37-17)38-22-13(7-15(31)8-16(22)32)4-1-12-2-5-14(30)6-3-12/h1-8,17-21,23-25,27-36H,9-11H2. The van der Waals surface area contributed by atoms with Gasteiger partial charge in [-0.05, 0) is 23.8 Å². The van der Waals surface area contributed by atoms with E-state index in [2.05, 4.69) is 0 Å². The van der Waals surface area contributed by atoms with E-state index in [1.54, 1.807) is 18.2 Å². The minimum atomic E-state index is -2.40. The van der Waals surface area contributed by atoms with Gasteiger partial charge >= 0.3 is 0 Å². The van der Waals surface area contributed by atoms with Gasteiger partial charge in [0, 0.05) is 11.6 Å². The molecule has 14 heteroatoms. The third-order valence-corrected chi connectivity index (χ3v) is 6.73. The molecule has 2 heterocycles. The van der Waals surface area contributed by atoms with Crippen molar-refractivity contribution in [2.24, 2.45) is 0 Å². The Bertz CT molecular complexity index is 1170. The van der Waals surface area contributed by atoms with Gasteiger partial charge in [-0.3, -0.25) is 0 Å². The molecule has 40 heavy (non-hydrogen) atoms. The van der Waals surface area contributed by atoms with Crippen LogP contribution in [0.1, 0.15) is 11.1 Å². The zero-order valence-corrected chi connectivity index (χ0v) is 21.0. The van der Waals surface area contributed by atoms with Gasteiger partial charge in [-0.2, -0.15) is 0 Å². The number of ether oxygens (including phenoxy) is 4. The highest BCUT2D eigenvalue weighted by Crippen LogP contribution is 2.40. The summed E-state index contributed by atoms with van der Waals surface area (Å²) in [6.45, 7) is -2.59. The van der Waals surface area contributed by atoms with Gasteiger partial charge in [0.25, 0.3) is 0 Å². The Morgan fingerprint density at radius 1 is 0.800 bits per heavy atom. The van der Waals surface area contributed by atoms with Crippen molar-refractivity contribution in [3.8, 4) is 23.0 Å². The van der Waals surface area contributed by atoms with Crippen molar-refractivity contribution >= 4 is 12.2 Å². The topological polar surface area (TPSA) is 239 Å². The lowest BCUT2D eigenvalue weighted by Crippen LogP contribution is -2.64. The van der Waals surface area contributed by atoms with Crippen molar-refractivity contribution in [3.63, 3.8) is 0 Å². The Kier molecular flexibility index (Phi) is 9.16. The number of hydrogen-bond acceptors (Lipinski definition) is 14. The maximum Gasteiger partial charge on any atom is 0.229 e. The van der Waals surface area contributed by atoms with Crippen LogP contribution in [0.5, 0.6) is 23.0 Å². The number of phenols is 3. The van der Waals surface area contributed by atoms with E-state index in [9.17, 15) is 51.1 Å². The van der Waals surface area contributed by atoms with Gasteiger partial charge in [-0.15, -0.1) is 0 Å². The van der Waals surface area contributed by atoms with Crippen LogP contribution in [0.3, 0.4) is 0 Å². The highest BCUT2D eigenvalue weighted by Gasteiger charge is 2.59. The number of phenolic OH excluding ortho intramolecular Hbond substituents is 3. The zero-order valence-electron chi connectivity index (χ0n) is 21.0. The number of benzene rings is 2. The second-order valence-corrected chi connectivity index (χ2v) is 9.46. The summed E-state index contributed by atoms with van der Waals surface area (Å²) in [5.41, 5.74) is 0.744. The molecule has 2 fully saturated rings. The first-order chi connectivity index (χ1) is 19.0. The first-order valence-corrected chi connectivity index (χ1v) is 12.3. The normalized spacial score (nSPS) is 34.4. The van der Waals surface area contributed by atoms with E-state index in [0.717, 1.165) is 6.07 Å². The van der Waals surface area contributed by atoms with Crippen molar-refractivity contribution in [2.75, 3.05) is 19.8 Å². The lowest BCUT2D eigenvalue weighted by Gasteiger charge is -2.45. The molecular formula is C26H32O14. The predicted molar refractivity (Wildman–Crippen MR) is 134 cm³/mol. The van der Waals surface area contributed by atoms with Crippen LogP contribution >= 0.6 is 0 Å². The molecule has 4 rings (SSSR count). The summed E-state index contributed by atoms with van der Waals surface area (Å²) in [5, 5.41) is 101. The smallest absolute Gasteiger partial charge is 0.229 e. The first-order valence-electron chi connectivity index (χ1n) is 12.3. The minimum absolute atomic E-state index is 0.0469. The van der Waals surface area contributed by atoms with Crippen LogP contribution in [0.25, 0.3) is 12.2 Å². The van der Waals surface area contributed by atoms with Gasteiger partial charge in [-0.1, -0.05) is 24.3 Å². The molecule has 9 unspecified atom stereocenters. The van der Waals surface area contributed by atoms with Crippen LogP contribution in [0, 0.1) is 0 Å². The highest BCUT2D eigenvalue weighted by molar-refractivity contribution is 5.75. The van der Waals surface area contributed by atoms with Gasteiger partial charge in [0.05, 0.1) is 13.2 Å². The van der Waals surface area contributed by atoms with Crippen LogP contribution in [0.2, 0.25) is 0 Å². The molecule has 220 valence electrons. The molecule has 0 aliphatic carbocycles. The fraction of sp³-hybridized carbons (Fsp3) is 0.462. The first kappa shape index (κ1) is 30.0. The quantitative estimate of drug-likeness (QED) is 0.147. The lowest BCUT2D eigenvalue weighted by atomic mass is 9.98. The van der Waals surface area contributed by atoms with Crippen LogP contribution in [0.4, 0.5) is 0 Å². The van der Waals surface area contributed by atoms with Crippen LogP contribution in [-0.4, -0.2) is 126 Å². The van der Waals surface area contributed by atoms with Crippen molar-refractivity contribution in [1.82, 2.24) is 0 Å². The Morgan fingerprint density at radius 3 is 2.08 bits per heavy atom. The van der Waals surface area contributed by atoms with Crippen molar-refractivity contribution in [3.05, 3.63) is 47.5 Å². The largest absolute Gasteiger partial charge is 0.508 e. The zero-order chi connectivity index (χ0) is 29.2. The second-order valence-electron chi connectivity index (χ2n) is 9.46. The van der Waals surface area contributed by atoms with Gasteiger partial charge in [-0.25, -0.2) is 0 Å². The molecular weight excluding hydrogens is 536 g/mol. The average molecular weight is 569 g/mol. The number of aliphatic hydroxyl groups excluding tert-OH is 7. The van der Waals surface area contributed by atoms with E-state index < -0.39 is 80.4 Å². The summed E-state index contributed by atoms with van der Waals surface area (Å²) in [7, 11) is 0. The molecule has 2 aromatic carbocycles. The summed E-state index contributed by atoms with van der Waals surface area (Å²) in [4.78, 5) is 0. The molecule has 2 saturated heterocycles. The van der Waals surface area contributed by atoms with Crippen molar-refractivity contribution in [1.29, 1.82) is 0 Å². The Labute approximate surface area is 227 Å². The fourth-order valence-electron chi connectivity index (χ4n) is 4.54. The van der Waals surface area contributed by atoms with Gasteiger partial charge in [0.1, 0.15) is 54.7 Å². The molecule has 0 saturated carbocycles. The Hall–Kier alpha value is -3.02. The molecule has 2 aliphatic heterocycles. The molecule has 14 nitrogen and oxygen atoms in total. The van der Waals surface area contributed by atoms with Crippen LogP contribution in [0.15, 0.2) is 36.4 Å². The van der Waals surface area contributed by atoms with E-state index in [1.807, 2.05) is 0 Å². The minimum Gasteiger partial charge on any atom is -0.508 e. The summed E-state index contributed by atoms with van der Waals surface area (Å²) < 4.78 is 22.5. The third kappa shape index (κ3) is 5.87. The van der Waals surface area contributed by atoms with E-state index in [4.69, 9.17) is 18.9 Å². The summed E-state index contributed by atoms with van der Waals surface area (Å²) in [6, 6.07) is 8.30. The van der Waals surface area contributed by atoms with E-state index >= 15 is 0 Å². The molecule has 2 aliphatic rings. The van der Waals surface area contributed by atoms with Crippen LogP contribution < -0.4 is 4.74 Å². The lowest BCUT2D eigenvalue weighted by molar-refractivity contribution is -0.361. The highest BCUT2D eigenvalue weighted by atomic mass is 16.8. The maximum absolute atomic E-state index is 10.9. The molecule has 2 aromatic rings. The summed E-state index contributed by atoms with van der Waals surface area (Å²) in [5.74, 6) is -3.54. The predicted octanol–water partition coefficient (Wildman–Crippen LogP) is -2.02. The SMILES string of the molecule is OCC1OC(Oc2c(O)cc(O)cc2C=Cc2ccc(O)cc2)C(OC2(CO)OC(CO)C(O)C2O)C(O)C1O. The van der Waals surface area contributed by atoms with Crippen molar-refractivity contribution in [2.45, 2.75) is 54.8 Å². The van der Waals surface area contributed by atoms with Gasteiger partial charge in [0.15, 0.2) is 17.6 Å². The fourth-order valence-corrected chi connectivity index (χ4v) is 4.54. The molecule has 0 radical (unpaired) electrons. The third-order valence-electron chi connectivity index (χ3n) is 6.73.